The maximum Gasteiger partial charge on any atom is 0.0608 e. The van der Waals surface area contributed by atoms with Gasteiger partial charge in [0.15, 0.2) is 0 Å². The molecule has 3 N–H and O–H groups in total. The van der Waals surface area contributed by atoms with Gasteiger partial charge in [-0.3, -0.25) is 0 Å². The molecule has 1 unspecified atom stereocenters. The Kier molecular flexibility index (Phi) is 4.13. The van der Waals surface area contributed by atoms with Gasteiger partial charge in [0.2, 0.25) is 0 Å². The monoisotopic (exact) mass is 251 g/mol. The lowest BCUT2D eigenvalue weighted by molar-refractivity contribution is 0.206. The Labute approximate surface area is 108 Å². The third-order valence-corrected chi connectivity index (χ3v) is 4.37. The predicted molar refractivity (Wildman–Crippen MR) is 73.5 cm³/mol. The molecule has 0 radical (unpaired) electrons. The van der Waals surface area contributed by atoms with Gasteiger partial charge in [-0.2, -0.15) is 0 Å². The van der Waals surface area contributed by atoms with Gasteiger partial charge in [-0.05, 0) is 61.6 Å². The molecule has 0 bridgehead atoms. The first kappa shape index (κ1) is 12.9. The van der Waals surface area contributed by atoms with Crippen LogP contribution in [0.4, 0.5) is 0 Å². The molecule has 1 atom stereocenters. The van der Waals surface area contributed by atoms with Gasteiger partial charge in [0.1, 0.15) is 0 Å². The summed E-state index contributed by atoms with van der Waals surface area (Å²) in [5.74, 6) is 0.965. The van der Waals surface area contributed by atoms with Crippen molar-refractivity contribution in [3.63, 3.8) is 0 Å². The summed E-state index contributed by atoms with van der Waals surface area (Å²) in [5, 5.41) is 9.08. The van der Waals surface area contributed by atoms with Gasteiger partial charge in [0.05, 0.1) is 6.61 Å². The molecular formula is C14H21NOS. The highest BCUT2D eigenvalue weighted by Gasteiger charge is 2.16. The van der Waals surface area contributed by atoms with Crippen LogP contribution >= 0.6 is 11.8 Å². The van der Waals surface area contributed by atoms with Crippen LogP contribution in [0.1, 0.15) is 30.9 Å². The number of aliphatic hydroxyl groups is 1. The van der Waals surface area contributed by atoms with Gasteiger partial charge in [-0.1, -0.05) is 6.07 Å². The molecule has 0 saturated heterocycles. The van der Waals surface area contributed by atoms with Gasteiger partial charge < -0.3 is 10.8 Å². The largest absolute Gasteiger partial charge is 0.394 e. The Morgan fingerprint density at radius 3 is 2.88 bits per heavy atom. The molecule has 3 heteroatoms. The lowest BCUT2D eigenvalue weighted by atomic mass is 10.0. The van der Waals surface area contributed by atoms with E-state index in [1.54, 1.807) is 0 Å². The Bertz CT molecular complexity index is 390. The van der Waals surface area contributed by atoms with Crippen molar-refractivity contribution in [2.45, 2.75) is 43.0 Å². The van der Waals surface area contributed by atoms with Gasteiger partial charge in [0, 0.05) is 10.4 Å². The molecule has 0 spiro atoms. The lowest BCUT2D eigenvalue weighted by Crippen LogP contribution is -2.40. The number of benzene rings is 1. The number of rotatable bonds is 5. The third kappa shape index (κ3) is 3.47. The third-order valence-electron chi connectivity index (χ3n) is 3.37. The minimum Gasteiger partial charge on any atom is -0.394 e. The van der Waals surface area contributed by atoms with Crippen molar-refractivity contribution in [1.29, 1.82) is 0 Å². The van der Waals surface area contributed by atoms with Gasteiger partial charge >= 0.3 is 0 Å². The van der Waals surface area contributed by atoms with Gasteiger partial charge in [0.25, 0.3) is 0 Å². The fraction of sp³-hybridized carbons (Fsp3) is 0.571. The summed E-state index contributed by atoms with van der Waals surface area (Å²) in [6.07, 6.45) is 4.61. The molecule has 0 fully saturated rings. The second-order valence-corrected chi connectivity index (χ2v) is 6.36. The molecule has 1 aromatic carbocycles. The van der Waals surface area contributed by atoms with E-state index in [2.05, 4.69) is 18.2 Å². The highest BCUT2D eigenvalue weighted by Crippen LogP contribution is 2.28. The maximum absolute atomic E-state index is 9.08. The molecule has 17 heavy (non-hydrogen) atoms. The van der Waals surface area contributed by atoms with Crippen LogP contribution in [0.25, 0.3) is 0 Å². The molecule has 1 aliphatic rings. The molecule has 0 heterocycles. The normalized spacial score (nSPS) is 17.8. The van der Waals surface area contributed by atoms with Gasteiger partial charge in [-0.25, -0.2) is 0 Å². The van der Waals surface area contributed by atoms with Crippen LogP contribution < -0.4 is 5.73 Å². The number of aryl methyl sites for hydroxylation is 2. The standard InChI is InChI=1S/C14H21NOS/c1-14(15,10-16)7-8-17-13-6-5-11-3-2-4-12(11)9-13/h5-6,9,16H,2-4,7-8,10,15H2,1H3. The molecule has 0 saturated carbocycles. The van der Waals surface area contributed by atoms with Crippen LogP contribution in [0.3, 0.4) is 0 Å². The molecule has 0 amide bonds. The number of thioether (sulfide) groups is 1. The Hall–Kier alpha value is -0.510. The van der Waals surface area contributed by atoms with E-state index in [9.17, 15) is 0 Å². The number of fused-ring (bicyclic) bond motifs is 1. The molecule has 2 rings (SSSR count). The van der Waals surface area contributed by atoms with Crippen molar-refractivity contribution in [2.75, 3.05) is 12.4 Å². The van der Waals surface area contributed by atoms with E-state index in [4.69, 9.17) is 10.8 Å². The SMILES string of the molecule is CC(N)(CO)CCSc1ccc2c(c1)CCC2. The Balaban J connectivity index is 1.88. The summed E-state index contributed by atoms with van der Waals surface area (Å²) in [6.45, 7) is 1.95. The maximum atomic E-state index is 9.08. The Morgan fingerprint density at radius 1 is 1.35 bits per heavy atom. The molecule has 1 aromatic rings. The fourth-order valence-electron chi connectivity index (χ4n) is 2.12. The first-order valence-corrected chi connectivity index (χ1v) is 7.24. The first-order valence-electron chi connectivity index (χ1n) is 6.25. The number of hydrogen-bond acceptors (Lipinski definition) is 3. The zero-order valence-electron chi connectivity index (χ0n) is 10.4. The van der Waals surface area contributed by atoms with Crippen molar-refractivity contribution in [3.05, 3.63) is 29.3 Å². The summed E-state index contributed by atoms with van der Waals surface area (Å²) in [6, 6.07) is 6.79. The molecular weight excluding hydrogens is 230 g/mol. The van der Waals surface area contributed by atoms with Gasteiger partial charge in [-0.15, -0.1) is 11.8 Å². The van der Waals surface area contributed by atoms with Crippen molar-refractivity contribution in [2.24, 2.45) is 5.73 Å². The quantitative estimate of drug-likeness (QED) is 0.790. The van der Waals surface area contributed by atoms with E-state index >= 15 is 0 Å². The van der Waals surface area contributed by atoms with E-state index < -0.39 is 5.54 Å². The molecule has 0 aliphatic heterocycles. The van der Waals surface area contributed by atoms with Crippen LogP contribution in [-0.2, 0) is 12.8 Å². The molecule has 0 aromatic heterocycles. The molecule has 94 valence electrons. The molecule has 2 nitrogen and oxygen atoms in total. The number of aliphatic hydroxyl groups excluding tert-OH is 1. The highest BCUT2D eigenvalue weighted by atomic mass is 32.2. The van der Waals surface area contributed by atoms with Crippen molar-refractivity contribution in [1.82, 2.24) is 0 Å². The summed E-state index contributed by atoms with van der Waals surface area (Å²) in [4.78, 5) is 1.33. The average Bonchev–Trinajstić information content (AvgIpc) is 2.76. The lowest BCUT2D eigenvalue weighted by Gasteiger charge is -2.21. The van der Waals surface area contributed by atoms with Crippen LogP contribution in [-0.4, -0.2) is 23.0 Å². The van der Waals surface area contributed by atoms with Crippen LogP contribution in [0.5, 0.6) is 0 Å². The minimum atomic E-state index is -0.441. The van der Waals surface area contributed by atoms with E-state index in [0.717, 1.165) is 12.2 Å². The minimum absolute atomic E-state index is 0.0533. The van der Waals surface area contributed by atoms with Crippen molar-refractivity contribution < 1.29 is 5.11 Å². The number of nitrogens with two attached hydrogens (primary N) is 1. The predicted octanol–water partition coefficient (Wildman–Crippen LogP) is 2.37. The molecule has 1 aliphatic carbocycles. The Morgan fingerprint density at radius 2 is 2.12 bits per heavy atom. The van der Waals surface area contributed by atoms with E-state index in [1.165, 1.54) is 35.3 Å². The van der Waals surface area contributed by atoms with Crippen LogP contribution in [0.15, 0.2) is 23.1 Å². The van der Waals surface area contributed by atoms with Crippen molar-refractivity contribution >= 4 is 11.8 Å². The summed E-state index contributed by atoms with van der Waals surface area (Å²) in [7, 11) is 0. The van der Waals surface area contributed by atoms with E-state index in [-0.39, 0.29) is 6.61 Å². The van der Waals surface area contributed by atoms with E-state index in [1.807, 2.05) is 18.7 Å². The summed E-state index contributed by atoms with van der Waals surface area (Å²) >= 11 is 1.84. The van der Waals surface area contributed by atoms with Crippen LogP contribution in [0, 0.1) is 0 Å². The smallest absolute Gasteiger partial charge is 0.0608 e. The summed E-state index contributed by atoms with van der Waals surface area (Å²) in [5.41, 5.74) is 8.51. The fourth-order valence-corrected chi connectivity index (χ4v) is 3.31. The van der Waals surface area contributed by atoms with Crippen LogP contribution in [0.2, 0.25) is 0 Å². The zero-order valence-corrected chi connectivity index (χ0v) is 11.2. The zero-order chi connectivity index (χ0) is 12.3. The second kappa shape index (κ2) is 5.42. The van der Waals surface area contributed by atoms with E-state index in [0.29, 0.717) is 0 Å². The number of hydrogen-bond donors (Lipinski definition) is 2. The second-order valence-electron chi connectivity index (χ2n) is 5.19. The first-order chi connectivity index (χ1) is 8.11. The summed E-state index contributed by atoms with van der Waals surface area (Å²) < 4.78 is 0. The topological polar surface area (TPSA) is 46.2 Å². The van der Waals surface area contributed by atoms with Crippen molar-refractivity contribution in [3.8, 4) is 0 Å². The average molecular weight is 251 g/mol. The highest BCUT2D eigenvalue weighted by molar-refractivity contribution is 7.99.